The van der Waals surface area contributed by atoms with Crippen molar-refractivity contribution in [2.24, 2.45) is 7.05 Å². The molecule has 0 spiro atoms. The number of anilines is 1. The smallest absolute Gasteiger partial charge is 0.101 e. The van der Waals surface area contributed by atoms with Crippen molar-refractivity contribution >= 4 is 5.69 Å². The third-order valence-electron chi connectivity index (χ3n) is 2.17. The zero-order chi connectivity index (χ0) is 11.4. The van der Waals surface area contributed by atoms with Gasteiger partial charge >= 0.3 is 0 Å². The molecule has 0 aliphatic heterocycles. The standard InChI is InChI=1S/C11H11N5/c1-16-5-3-10(15-16)7-14-11-8-13-4-2-9(11)6-12/h2-5,8,14H,7H2,1H3. The van der Waals surface area contributed by atoms with Crippen molar-refractivity contribution in [1.82, 2.24) is 14.8 Å². The first kappa shape index (κ1) is 10.2. The molecule has 16 heavy (non-hydrogen) atoms. The molecule has 0 fully saturated rings. The second-order valence-electron chi connectivity index (χ2n) is 3.37. The van der Waals surface area contributed by atoms with Gasteiger partial charge in [-0.15, -0.1) is 0 Å². The molecular formula is C11H11N5. The monoisotopic (exact) mass is 213 g/mol. The molecule has 1 N–H and O–H groups in total. The summed E-state index contributed by atoms with van der Waals surface area (Å²) in [5.74, 6) is 0. The van der Waals surface area contributed by atoms with Gasteiger partial charge in [0.05, 0.1) is 29.7 Å². The fourth-order valence-electron chi connectivity index (χ4n) is 1.38. The zero-order valence-electron chi connectivity index (χ0n) is 8.88. The Balaban J connectivity index is 2.08. The van der Waals surface area contributed by atoms with Gasteiger partial charge in [0.2, 0.25) is 0 Å². The van der Waals surface area contributed by atoms with E-state index in [-0.39, 0.29) is 0 Å². The molecule has 5 nitrogen and oxygen atoms in total. The van der Waals surface area contributed by atoms with Gasteiger partial charge in [0.15, 0.2) is 0 Å². The van der Waals surface area contributed by atoms with Gasteiger partial charge in [-0.3, -0.25) is 9.67 Å². The van der Waals surface area contributed by atoms with E-state index < -0.39 is 0 Å². The Morgan fingerprint density at radius 3 is 3.06 bits per heavy atom. The second kappa shape index (κ2) is 4.45. The van der Waals surface area contributed by atoms with E-state index in [1.807, 2.05) is 19.3 Å². The van der Waals surface area contributed by atoms with Crippen molar-refractivity contribution in [2.45, 2.75) is 6.54 Å². The SMILES string of the molecule is Cn1ccc(CNc2cnccc2C#N)n1. The number of aromatic nitrogens is 3. The minimum Gasteiger partial charge on any atom is -0.377 e. The van der Waals surface area contributed by atoms with Gasteiger partial charge < -0.3 is 5.32 Å². The number of pyridine rings is 1. The average Bonchev–Trinajstić information content (AvgIpc) is 2.73. The van der Waals surface area contributed by atoms with Gasteiger partial charge in [-0.25, -0.2) is 0 Å². The van der Waals surface area contributed by atoms with Gasteiger partial charge in [-0.2, -0.15) is 10.4 Å². The van der Waals surface area contributed by atoms with E-state index in [1.165, 1.54) is 0 Å². The topological polar surface area (TPSA) is 66.5 Å². The van der Waals surface area contributed by atoms with Crippen molar-refractivity contribution in [1.29, 1.82) is 5.26 Å². The first-order chi connectivity index (χ1) is 7.79. The van der Waals surface area contributed by atoms with Crippen LogP contribution in [0.1, 0.15) is 11.3 Å². The van der Waals surface area contributed by atoms with Gasteiger partial charge in [0.25, 0.3) is 0 Å². The molecule has 2 aromatic heterocycles. The molecule has 0 bridgehead atoms. The molecule has 0 atom stereocenters. The van der Waals surface area contributed by atoms with Crippen molar-refractivity contribution in [3.05, 3.63) is 42.0 Å². The maximum atomic E-state index is 8.88. The van der Waals surface area contributed by atoms with Crippen LogP contribution in [-0.2, 0) is 13.6 Å². The molecule has 0 unspecified atom stereocenters. The first-order valence-electron chi connectivity index (χ1n) is 4.86. The molecule has 0 aliphatic carbocycles. The summed E-state index contributed by atoms with van der Waals surface area (Å²) in [5, 5.41) is 16.2. The highest BCUT2D eigenvalue weighted by Crippen LogP contribution is 2.12. The van der Waals surface area contributed by atoms with E-state index in [1.54, 1.807) is 23.1 Å². The summed E-state index contributed by atoms with van der Waals surface area (Å²) in [6.45, 7) is 0.585. The minimum absolute atomic E-state index is 0.585. The third kappa shape index (κ3) is 2.17. The van der Waals surface area contributed by atoms with Gasteiger partial charge in [0, 0.05) is 19.4 Å². The Bertz CT molecular complexity index is 523. The van der Waals surface area contributed by atoms with E-state index in [2.05, 4.69) is 21.5 Å². The Morgan fingerprint density at radius 2 is 2.38 bits per heavy atom. The molecule has 0 aromatic carbocycles. The summed E-state index contributed by atoms with van der Waals surface area (Å²) in [4.78, 5) is 3.97. The number of nitrogens with one attached hydrogen (secondary N) is 1. The van der Waals surface area contributed by atoms with Crippen molar-refractivity contribution < 1.29 is 0 Å². The molecule has 2 heterocycles. The van der Waals surface area contributed by atoms with Crippen molar-refractivity contribution in [3.63, 3.8) is 0 Å². The maximum absolute atomic E-state index is 8.88. The number of rotatable bonds is 3. The van der Waals surface area contributed by atoms with Gasteiger partial charge in [0.1, 0.15) is 6.07 Å². The Morgan fingerprint density at radius 1 is 1.50 bits per heavy atom. The Kier molecular flexibility index (Phi) is 2.83. The summed E-state index contributed by atoms with van der Waals surface area (Å²) < 4.78 is 1.74. The number of nitriles is 1. The van der Waals surface area contributed by atoms with Crippen LogP contribution in [0.2, 0.25) is 0 Å². The highest BCUT2D eigenvalue weighted by Gasteiger charge is 2.01. The molecule has 2 rings (SSSR count). The van der Waals surface area contributed by atoms with Crippen LogP contribution in [0, 0.1) is 11.3 Å². The van der Waals surface area contributed by atoms with Crippen LogP contribution in [0.25, 0.3) is 0 Å². The largest absolute Gasteiger partial charge is 0.377 e. The summed E-state index contributed by atoms with van der Waals surface area (Å²) in [7, 11) is 1.87. The molecule has 80 valence electrons. The molecule has 0 aliphatic rings. The Labute approximate surface area is 93.4 Å². The number of hydrogen-bond donors (Lipinski definition) is 1. The lowest BCUT2D eigenvalue weighted by Crippen LogP contribution is -2.03. The molecule has 0 amide bonds. The number of hydrogen-bond acceptors (Lipinski definition) is 4. The fraction of sp³-hybridized carbons (Fsp3) is 0.182. The van der Waals surface area contributed by atoms with E-state index in [9.17, 15) is 0 Å². The predicted molar refractivity (Wildman–Crippen MR) is 59.5 cm³/mol. The Hall–Kier alpha value is -2.35. The summed E-state index contributed by atoms with van der Waals surface area (Å²) in [5.41, 5.74) is 2.25. The molecule has 0 radical (unpaired) electrons. The fourth-order valence-corrected chi connectivity index (χ4v) is 1.38. The van der Waals surface area contributed by atoms with E-state index in [0.29, 0.717) is 12.1 Å². The van der Waals surface area contributed by atoms with Crippen LogP contribution in [0.5, 0.6) is 0 Å². The summed E-state index contributed by atoms with van der Waals surface area (Å²) in [6, 6.07) is 5.72. The quantitative estimate of drug-likeness (QED) is 0.834. The predicted octanol–water partition coefficient (Wildman–Crippen LogP) is 1.30. The minimum atomic E-state index is 0.585. The second-order valence-corrected chi connectivity index (χ2v) is 3.37. The van der Waals surface area contributed by atoms with Crippen LogP contribution in [-0.4, -0.2) is 14.8 Å². The van der Waals surface area contributed by atoms with Crippen LogP contribution < -0.4 is 5.32 Å². The summed E-state index contributed by atoms with van der Waals surface area (Å²) in [6.07, 6.45) is 5.12. The number of nitrogens with zero attached hydrogens (tertiary/aromatic N) is 4. The maximum Gasteiger partial charge on any atom is 0.101 e. The molecule has 0 saturated heterocycles. The molecule has 0 saturated carbocycles. The van der Waals surface area contributed by atoms with Crippen LogP contribution in [0.4, 0.5) is 5.69 Å². The van der Waals surface area contributed by atoms with Gasteiger partial charge in [-0.1, -0.05) is 0 Å². The lowest BCUT2D eigenvalue weighted by molar-refractivity contribution is 0.747. The van der Waals surface area contributed by atoms with Gasteiger partial charge in [-0.05, 0) is 12.1 Å². The lowest BCUT2D eigenvalue weighted by atomic mass is 10.2. The zero-order valence-corrected chi connectivity index (χ0v) is 8.88. The van der Waals surface area contributed by atoms with Crippen molar-refractivity contribution in [3.8, 4) is 6.07 Å². The van der Waals surface area contributed by atoms with Crippen LogP contribution in [0.3, 0.4) is 0 Å². The third-order valence-corrected chi connectivity index (χ3v) is 2.17. The van der Waals surface area contributed by atoms with Crippen molar-refractivity contribution in [2.75, 3.05) is 5.32 Å². The lowest BCUT2D eigenvalue weighted by Gasteiger charge is -2.04. The summed E-state index contributed by atoms with van der Waals surface area (Å²) >= 11 is 0. The highest BCUT2D eigenvalue weighted by molar-refractivity contribution is 5.55. The van der Waals surface area contributed by atoms with E-state index in [0.717, 1.165) is 11.4 Å². The average molecular weight is 213 g/mol. The van der Waals surface area contributed by atoms with E-state index in [4.69, 9.17) is 5.26 Å². The molecular weight excluding hydrogens is 202 g/mol. The van der Waals surface area contributed by atoms with Crippen LogP contribution >= 0.6 is 0 Å². The first-order valence-corrected chi connectivity index (χ1v) is 4.86. The van der Waals surface area contributed by atoms with E-state index >= 15 is 0 Å². The number of aryl methyl sites for hydroxylation is 1. The highest BCUT2D eigenvalue weighted by atomic mass is 15.3. The van der Waals surface area contributed by atoms with Crippen LogP contribution in [0.15, 0.2) is 30.7 Å². The molecule has 5 heteroatoms. The normalized spacial score (nSPS) is 9.75. The molecule has 2 aromatic rings.